The Hall–Kier alpha value is -0.850. The molecule has 0 aliphatic heterocycles. The van der Waals surface area contributed by atoms with Crippen LogP contribution in [-0.4, -0.2) is 32.1 Å². The van der Waals surface area contributed by atoms with Gasteiger partial charge in [-0.05, 0) is 37.9 Å². The Morgan fingerprint density at radius 3 is 2.37 bits per heavy atom. The Kier molecular flexibility index (Phi) is 7.33. The molecule has 0 spiro atoms. The minimum Gasteiger partial charge on any atom is -0.318 e. The van der Waals surface area contributed by atoms with Gasteiger partial charge >= 0.3 is 6.18 Å². The van der Waals surface area contributed by atoms with Crippen LogP contribution in [0.2, 0.25) is 0 Å². The monoisotopic (exact) mass is 300 g/mol. The van der Waals surface area contributed by atoms with Gasteiger partial charge in [0.15, 0.2) is 0 Å². The van der Waals surface area contributed by atoms with Gasteiger partial charge in [0.2, 0.25) is 0 Å². The van der Waals surface area contributed by atoms with E-state index in [2.05, 4.69) is 5.32 Å². The highest BCUT2D eigenvalue weighted by Crippen LogP contribution is 2.30. The number of rotatable bonds is 5. The number of nitrogens with zero attached hydrogens (tertiary/aromatic N) is 1. The van der Waals surface area contributed by atoms with Crippen molar-refractivity contribution in [3.63, 3.8) is 0 Å². The lowest BCUT2D eigenvalue weighted by atomic mass is 10.1. The Bertz CT molecular complexity index is 396. The van der Waals surface area contributed by atoms with Gasteiger partial charge in [0.1, 0.15) is 5.82 Å². The van der Waals surface area contributed by atoms with Crippen LogP contribution in [0.15, 0.2) is 18.2 Å². The third-order valence-electron chi connectivity index (χ3n) is 2.48. The van der Waals surface area contributed by atoms with Crippen LogP contribution in [0, 0.1) is 5.82 Å². The van der Waals surface area contributed by atoms with Crippen molar-refractivity contribution in [2.24, 2.45) is 0 Å². The van der Waals surface area contributed by atoms with E-state index in [0.29, 0.717) is 18.2 Å². The zero-order chi connectivity index (χ0) is 13.8. The van der Waals surface area contributed by atoms with Crippen LogP contribution in [0.4, 0.5) is 17.6 Å². The third kappa shape index (κ3) is 6.22. The fraction of sp³-hybridized carbons (Fsp3) is 0.500. The maximum atomic E-state index is 13.1. The van der Waals surface area contributed by atoms with Crippen LogP contribution >= 0.6 is 12.4 Å². The van der Waals surface area contributed by atoms with Crippen LogP contribution in [0.1, 0.15) is 11.1 Å². The maximum absolute atomic E-state index is 13.1. The highest BCUT2D eigenvalue weighted by Gasteiger charge is 2.31. The number of alkyl halides is 3. The second-order valence-electron chi connectivity index (χ2n) is 4.19. The summed E-state index contributed by atoms with van der Waals surface area (Å²) in [5.41, 5.74) is -0.625. The summed E-state index contributed by atoms with van der Waals surface area (Å²) in [6.07, 6.45) is -4.51. The van der Waals surface area contributed by atoms with Gasteiger partial charge < -0.3 is 10.2 Å². The highest BCUT2D eigenvalue weighted by atomic mass is 35.5. The molecule has 1 rings (SSSR count). The molecule has 0 radical (unpaired) electrons. The molecule has 0 unspecified atom stereocenters. The van der Waals surface area contributed by atoms with Gasteiger partial charge in [-0.25, -0.2) is 4.39 Å². The average molecular weight is 301 g/mol. The number of hydrogen-bond acceptors (Lipinski definition) is 2. The normalized spacial score (nSPS) is 11.5. The lowest BCUT2D eigenvalue weighted by Gasteiger charge is -2.17. The van der Waals surface area contributed by atoms with Crippen LogP contribution in [-0.2, 0) is 12.7 Å². The predicted octanol–water partition coefficient (Wildman–Crippen LogP) is 2.92. The molecule has 0 aliphatic rings. The van der Waals surface area contributed by atoms with Gasteiger partial charge in [-0.15, -0.1) is 12.4 Å². The van der Waals surface area contributed by atoms with Crippen LogP contribution in [0.3, 0.4) is 0 Å². The van der Waals surface area contributed by atoms with E-state index < -0.39 is 17.6 Å². The second kappa shape index (κ2) is 7.67. The van der Waals surface area contributed by atoms with E-state index in [9.17, 15) is 17.6 Å². The van der Waals surface area contributed by atoms with Crippen molar-refractivity contribution in [2.45, 2.75) is 12.7 Å². The molecular weight excluding hydrogens is 284 g/mol. The highest BCUT2D eigenvalue weighted by molar-refractivity contribution is 5.85. The molecule has 0 bridgehead atoms. The topological polar surface area (TPSA) is 15.3 Å². The van der Waals surface area contributed by atoms with Crippen molar-refractivity contribution in [3.05, 3.63) is 35.1 Å². The van der Waals surface area contributed by atoms with Gasteiger partial charge in [-0.1, -0.05) is 0 Å². The third-order valence-corrected chi connectivity index (χ3v) is 2.48. The molecule has 0 atom stereocenters. The minimum absolute atomic E-state index is 0. The van der Waals surface area contributed by atoms with E-state index >= 15 is 0 Å². The Balaban J connectivity index is 0.00000324. The van der Waals surface area contributed by atoms with Gasteiger partial charge in [0, 0.05) is 19.6 Å². The Morgan fingerprint density at radius 1 is 1.21 bits per heavy atom. The van der Waals surface area contributed by atoms with E-state index in [1.165, 1.54) is 0 Å². The molecule has 1 aromatic carbocycles. The molecule has 19 heavy (non-hydrogen) atoms. The van der Waals surface area contributed by atoms with Crippen molar-refractivity contribution < 1.29 is 17.6 Å². The number of likely N-dealkylation sites (N-methyl/N-ethyl adjacent to an activating group) is 2. The van der Waals surface area contributed by atoms with Crippen molar-refractivity contribution in [1.29, 1.82) is 0 Å². The van der Waals surface area contributed by atoms with Crippen molar-refractivity contribution in [3.8, 4) is 0 Å². The first kappa shape index (κ1) is 18.1. The standard InChI is InChI=1S/C12H16F4N2.ClH/c1-17-3-4-18(2)8-9-5-10(12(14,15)16)7-11(13)6-9;/h5-7,17H,3-4,8H2,1-2H3;1H. The van der Waals surface area contributed by atoms with E-state index in [0.717, 1.165) is 18.7 Å². The summed E-state index contributed by atoms with van der Waals surface area (Å²) in [6.45, 7) is 1.68. The van der Waals surface area contributed by atoms with E-state index in [-0.39, 0.29) is 19.0 Å². The summed E-state index contributed by atoms with van der Waals surface area (Å²) in [5.74, 6) is -0.859. The smallest absolute Gasteiger partial charge is 0.318 e. The molecule has 0 saturated heterocycles. The summed E-state index contributed by atoms with van der Waals surface area (Å²) < 4.78 is 50.6. The van der Waals surface area contributed by atoms with Crippen LogP contribution in [0.5, 0.6) is 0 Å². The molecule has 1 N–H and O–H groups in total. The van der Waals surface area contributed by atoms with Crippen LogP contribution < -0.4 is 5.32 Å². The summed E-state index contributed by atoms with van der Waals surface area (Å²) >= 11 is 0. The quantitative estimate of drug-likeness (QED) is 0.841. The largest absolute Gasteiger partial charge is 0.416 e. The van der Waals surface area contributed by atoms with Gasteiger partial charge in [-0.2, -0.15) is 13.2 Å². The first-order valence-corrected chi connectivity index (χ1v) is 5.52. The molecule has 0 saturated carbocycles. The van der Waals surface area contributed by atoms with Crippen molar-refractivity contribution >= 4 is 12.4 Å². The number of halogens is 5. The zero-order valence-electron chi connectivity index (χ0n) is 10.7. The molecule has 0 fully saturated rings. The average Bonchev–Trinajstić information content (AvgIpc) is 2.24. The van der Waals surface area contributed by atoms with Gasteiger partial charge in [0.05, 0.1) is 5.56 Å². The molecule has 0 amide bonds. The zero-order valence-corrected chi connectivity index (χ0v) is 11.5. The SMILES string of the molecule is CNCCN(C)Cc1cc(F)cc(C(F)(F)F)c1.Cl. The first-order valence-electron chi connectivity index (χ1n) is 5.52. The summed E-state index contributed by atoms with van der Waals surface area (Å²) in [6, 6.07) is 2.63. The molecule has 110 valence electrons. The number of benzene rings is 1. The summed E-state index contributed by atoms with van der Waals surface area (Å²) in [4.78, 5) is 1.82. The Morgan fingerprint density at radius 2 is 1.84 bits per heavy atom. The molecular formula is C12H17ClF4N2. The molecule has 2 nitrogen and oxygen atoms in total. The molecule has 1 aromatic rings. The summed E-state index contributed by atoms with van der Waals surface area (Å²) in [5, 5.41) is 2.94. The van der Waals surface area contributed by atoms with E-state index in [1.54, 1.807) is 14.1 Å². The molecule has 7 heteroatoms. The van der Waals surface area contributed by atoms with E-state index in [1.807, 2.05) is 4.90 Å². The number of hydrogen-bond donors (Lipinski definition) is 1. The molecule has 0 aromatic heterocycles. The fourth-order valence-electron chi connectivity index (χ4n) is 1.60. The fourth-order valence-corrected chi connectivity index (χ4v) is 1.60. The second-order valence-corrected chi connectivity index (χ2v) is 4.19. The lowest BCUT2D eigenvalue weighted by Crippen LogP contribution is -2.27. The van der Waals surface area contributed by atoms with Crippen molar-refractivity contribution in [1.82, 2.24) is 10.2 Å². The minimum atomic E-state index is -4.51. The maximum Gasteiger partial charge on any atom is 0.416 e. The van der Waals surface area contributed by atoms with Crippen LogP contribution in [0.25, 0.3) is 0 Å². The Labute approximate surface area is 116 Å². The summed E-state index contributed by atoms with van der Waals surface area (Å²) in [7, 11) is 3.56. The predicted molar refractivity (Wildman–Crippen MR) is 68.9 cm³/mol. The molecule has 0 heterocycles. The number of nitrogens with one attached hydrogen (secondary N) is 1. The van der Waals surface area contributed by atoms with Crippen molar-refractivity contribution in [2.75, 3.05) is 27.2 Å². The first-order chi connectivity index (χ1) is 8.32. The van der Waals surface area contributed by atoms with E-state index in [4.69, 9.17) is 0 Å². The lowest BCUT2D eigenvalue weighted by molar-refractivity contribution is -0.137. The molecule has 0 aliphatic carbocycles. The van der Waals surface area contributed by atoms with Gasteiger partial charge in [0.25, 0.3) is 0 Å². The van der Waals surface area contributed by atoms with Gasteiger partial charge in [-0.3, -0.25) is 0 Å².